The number of likely N-dealkylation sites (N-methyl/N-ethyl adjacent to an activating group) is 1. The Morgan fingerprint density at radius 1 is 1.00 bits per heavy atom. The molecule has 30 heavy (non-hydrogen) atoms. The molecule has 168 valence electrons. The monoisotopic (exact) mass is 414 g/mol. The largest absolute Gasteiger partial charge is 0.369 e. The molecule has 1 unspecified atom stereocenters. The smallest absolute Gasteiger partial charge is 0.191 e. The lowest BCUT2D eigenvalue weighted by molar-refractivity contribution is 0.136. The molecule has 1 atom stereocenters. The van der Waals surface area contributed by atoms with Gasteiger partial charge >= 0.3 is 0 Å². The van der Waals surface area contributed by atoms with Crippen molar-refractivity contribution in [2.75, 3.05) is 70.3 Å². The molecule has 0 aliphatic carbocycles. The van der Waals surface area contributed by atoms with Gasteiger partial charge in [-0.05, 0) is 58.3 Å². The van der Waals surface area contributed by atoms with E-state index < -0.39 is 0 Å². The van der Waals surface area contributed by atoms with E-state index in [-0.39, 0.29) is 0 Å². The lowest BCUT2D eigenvalue weighted by atomic mass is 10.2. The SMILES string of the molecule is CCNC(=NCCCCN1CCN(CC)CC1)NC1CCN(c2ccc(C)cc2)C1. The van der Waals surface area contributed by atoms with E-state index in [1.54, 1.807) is 0 Å². The minimum Gasteiger partial charge on any atom is -0.369 e. The molecule has 2 saturated heterocycles. The Hall–Kier alpha value is -1.79. The van der Waals surface area contributed by atoms with E-state index >= 15 is 0 Å². The van der Waals surface area contributed by atoms with Gasteiger partial charge in [-0.15, -0.1) is 0 Å². The summed E-state index contributed by atoms with van der Waals surface area (Å²) in [7, 11) is 0. The molecule has 3 rings (SSSR count). The molecule has 1 aromatic carbocycles. The highest BCUT2D eigenvalue weighted by molar-refractivity contribution is 5.80. The van der Waals surface area contributed by atoms with Gasteiger partial charge in [-0.1, -0.05) is 24.6 Å². The van der Waals surface area contributed by atoms with Gasteiger partial charge in [-0.2, -0.15) is 0 Å². The standard InChI is InChI=1S/C24H42N6/c1-4-25-24(26-13-6-7-14-29-18-16-28(5-2)17-19-29)27-22-12-15-30(20-22)23-10-8-21(3)9-11-23/h8-11,22H,4-7,12-20H2,1-3H3,(H2,25,26,27). The summed E-state index contributed by atoms with van der Waals surface area (Å²) in [5, 5.41) is 7.09. The topological polar surface area (TPSA) is 46.1 Å². The van der Waals surface area contributed by atoms with Crippen molar-refractivity contribution >= 4 is 11.6 Å². The highest BCUT2D eigenvalue weighted by atomic mass is 15.3. The summed E-state index contributed by atoms with van der Waals surface area (Å²) in [6, 6.07) is 9.33. The van der Waals surface area contributed by atoms with E-state index in [0.29, 0.717) is 6.04 Å². The number of nitrogens with one attached hydrogen (secondary N) is 2. The van der Waals surface area contributed by atoms with Crippen LogP contribution >= 0.6 is 0 Å². The summed E-state index contributed by atoms with van der Waals surface area (Å²) in [6.45, 7) is 17.8. The maximum absolute atomic E-state index is 4.84. The molecule has 0 bridgehead atoms. The number of hydrogen-bond donors (Lipinski definition) is 2. The van der Waals surface area contributed by atoms with Crippen LogP contribution in [-0.2, 0) is 0 Å². The Balaban J connectivity index is 1.36. The van der Waals surface area contributed by atoms with Gasteiger partial charge in [0.2, 0.25) is 0 Å². The fraction of sp³-hybridized carbons (Fsp3) is 0.708. The lowest BCUT2D eigenvalue weighted by Crippen LogP contribution is -2.46. The number of aliphatic imine (C=N–C) groups is 1. The first-order valence-electron chi connectivity index (χ1n) is 12.0. The molecule has 0 amide bonds. The van der Waals surface area contributed by atoms with Crippen molar-refractivity contribution in [1.29, 1.82) is 0 Å². The molecule has 0 radical (unpaired) electrons. The van der Waals surface area contributed by atoms with Gasteiger partial charge < -0.3 is 25.3 Å². The highest BCUT2D eigenvalue weighted by Gasteiger charge is 2.23. The van der Waals surface area contributed by atoms with E-state index in [9.17, 15) is 0 Å². The van der Waals surface area contributed by atoms with E-state index in [2.05, 4.69) is 70.4 Å². The predicted octanol–water partition coefficient (Wildman–Crippen LogP) is 2.55. The van der Waals surface area contributed by atoms with Gasteiger partial charge in [0, 0.05) is 64.1 Å². The van der Waals surface area contributed by atoms with Crippen LogP contribution in [0, 0.1) is 6.92 Å². The minimum absolute atomic E-state index is 0.457. The fourth-order valence-electron chi connectivity index (χ4n) is 4.35. The van der Waals surface area contributed by atoms with Crippen LogP contribution in [0.5, 0.6) is 0 Å². The van der Waals surface area contributed by atoms with Gasteiger partial charge in [-0.25, -0.2) is 0 Å². The van der Waals surface area contributed by atoms with Crippen molar-refractivity contribution in [1.82, 2.24) is 20.4 Å². The zero-order chi connectivity index (χ0) is 21.2. The molecule has 2 N–H and O–H groups in total. The summed E-state index contributed by atoms with van der Waals surface area (Å²) in [4.78, 5) is 12.5. The molecular weight excluding hydrogens is 372 g/mol. The summed E-state index contributed by atoms with van der Waals surface area (Å²) in [5.41, 5.74) is 2.64. The Bertz CT molecular complexity index is 636. The third kappa shape index (κ3) is 7.17. The van der Waals surface area contributed by atoms with Crippen LogP contribution in [0.3, 0.4) is 0 Å². The molecule has 2 aliphatic heterocycles. The lowest BCUT2D eigenvalue weighted by Gasteiger charge is -2.33. The first-order valence-corrected chi connectivity index (χ1v) is 12.0. The van der Waals surface area contributed by atoms with Crippen molar-refractivity contribution in [3.05, 3.63) is 29.8 Å². The van der Waals surface area contributed by atoms with Crippen molar-refractivity contribution in [2.45, 2.75) is 46.1 Å². The van der Waals surface area contributed by atoms with E-state index in [1.807, 2.05) is 0 Å². The van der Waals surface area contributed by atoms with E-state index in [4.69, 9.17) is 4.99 Å². The minimum atomic E-state index is 0.457. The average molecular weight is 415 g/mol. The second-order valence-electron chi connectivity index (χ2n) is 8.66. The van der Waals surface area contributed by atoms with Crippen molar-refractivity contribution in [3.63, 3.8) is 0 Å². The van der Waals surface area contributed by atoms with Crippen molar-refractivity contribution in [2.24, 2.45) is 4.99 Å². The number of nitrogens with zero attached hydrogens (tertiary/aromatic N) is 4. The average Bonchev–Trinajstić information content (AvgIpc) is 3.23. The molecule has 1 aromatic rings. The molecule has 6 heteroatoms. The number of rotatable bonds is 9. The number of piperazine rings is 1. The number of unbranched alkanes of at least 4 members (excludes halogenated alkanes) is 1. The number of guanidine groups is 1. The van der Waals surface area contributed by atoms with Crippen LogP contribution in [-0.4, -0.2) is 87.2 Å². The molecule has 2 heterocycles. The molecule has 0 aromatic heterocycles. The predicted molar refractivity (Wildman–Crippen MR) is 129 cm³/mol. The summed E-state index contributed by atoms with van der Waals surface area (Å²) in [6.07, 6.45) is 3.55. The number of benzene rings is 1. The molecule has 2 fully saturated rings. The molecular formula is C24H42N6. The third-order valence-corrected chi connectivity index (χ3v) is 6.34. The Morgan fingerprint density at radius 3 is 2.43 bits per heavy atom. The van der Waals surface area contributed by atoms with Crippen LogP contribution in [0.1, 0.15) is 38.7 Å². The highest BCUT2D eigenvalue weighted by Crippen LogP contribution is 2.20. The summed E-state index contributed by atoms with van der Waals surface area (Å²) in [5.74, 6) is 0.977. The molecule has 6 nitrogen and oxygen atoms in total. The van der Waals surface area contributed by atoms with Crippen LogP contribution in [0.25, 0.3) is 0 Å². The maximum Gasteiger partial charge on any atom is 0.191 e. The first kappa shape index (κ1) is 22.9. The fourth-order valence-corrected chi connectivity index (χ4v) is 4.35. The Kier molecular flexibility index (Phi) is 9.27. The first-order chi connectivity index (χ1) is 14.7. The second-order valence-corrected chi connectivity index (χ2v) is 8.66. The van der Waals surface area contributed by atoms with E-state index in [1.165, 1.54) is 56.9 Å². The van der Waals surface area contributed by atoms with E-state index in [0.717, 1.165) is 45.0 Å². The molecule has 2 aliphatic rings. The van der Waals surface area contributed by atoms with Gasteiger partial charge in [0.25, 0.3) is 0 Å². The van der Waals surface area contributed by atoms with Gasteiger partial charge in [0.1, 0.15) is 0 Å². The summed E-state index contributed by atoms with van der Waals surface area (Å²) < 4.78 is 0. The number of aryl methyl sites for hydroxylation is 1. The van der Waals surface area contributed by atoms with Crippen molar-refractivity contribution in [3.8, 4) is 0 Å². The zero-order valence-corrected chi connectivity index (χ0v) is 19.4. The molecule has 0 saturated carbocycles. The zero-order valence-electron chi connectivity index (χ0n) is 19.4. The van der Waals surface area contributed by atoms with Gasteiger partial charge in [-0.3, -0.25) is 4.99 Å². The number of anilines is 1. The van der Waals surface area contributed by atoms with Crippen LogP contribution in [0.2, 0.25) is 0 Å². The van der Waals surface area contributed by atoms with Crippen LogP contribution in [0.4, 0.5) is 5.69 Å². The Labute approximate surface area is 183 Å². The quantitative estimate of drug-likeness (QED) is 0.369. The van der Waals surface area contributed by atoms with Gasteiger partial charge in [0.15, 0.2) is 5.96 Å². The normalized spacial score (nSPS) is 21.2. The third-order valence-electron chi connectivity index (χ3n) is 6.34. The second kappa shape index (κ2) is 12.2. The van der Waals surface area contributed by atoms with Gasteiger partial charge in [0.05, 0.1) is 0 Å². The van der Waals surface area contributed by atoms with Crippen LogP contribution in [0.15, 0.2) is 29.3 Å². The number of hydrogen-bond acceptors (Lipinski definition) is 4. The maximum atomic E-state index is 4.84. The molecule has 0 spiro atoms. The Morgan fingerprint density at radius 2 is 1.73 bits per heavy atom. The van der Waals surface area contributed by atoms with Crippen LogP contribution < -0.4 is 15.5 Å². The summed E-state index contributed by atoms with van der Waals surface area (Å²) >= 11 is 0. The van der Waals surface area contributed by atoms with Crippen molar-refractivity contribution < 1.29 is 0 Å².